The molecule has 9 nitrogen and oxygen atoms in total. The molecule has 190 valence electrons. The fraction of sp³-hybridized carbons (Fsp3) is 0.731. The van der Waals surface area contributed by atoms with Crippen molar-refractivity contribution in [1.29, 1.82) is 0 Å². The van der Waals surface area contributed by atoms with Crippen molar-refractivity contribution in [3.8, 4) is 0 Å². The van der Waals surface area contributed by atoms with Crippen LogP contribution in [0.4, 0.5) is 0 Å². The Labute approximate surface area is 203 Å². The molecule has 0 radical (unpaired) electrons. The van der Waals surface area contributed by atoms with Gasteiger partial charge in [-0.25, -0.2) is 0 Å². The van der Waals surface area contributed by atoms with Gasteiger partial charge in [0.1, 0.15) is 23.7 Å². The Bertz CT molecular complexity index is 1050. The number of fused-ring (bicyclic) bond motifs is 1. The van der Waals surface area contributed by atoms with Crippen LogP contribution in [0.1, 0.15) is 59.8 Å². The highest BCUT2D eigenvalue weighted by molar-refractivity contribution is 6.06. The molecule has 1 heterocycles. The topological polar surface area (TPSA) is 122 Å². The molecule has 0 aromatic heterocycles. The minimum absolute atomic E-state index is 0.180. The summed E-state index contributed by atoms with van der Waals surface area (Å²) >= 11 is 0. The molecule has 1 spiro atoms. The Hall–Kier alpha value is -2.71. The van der Waals surface area contributed by atoms with E-state index in [1.54, 1.807) is 0 Å². The predicted molar refractivity (Wildman–Crippen MR) is 118 cm³/mol. The van der Waals surface area contributed by atoms with Crippen LogP contribution in [0.3, 0.4) is 0 Å². The molecule has 4 bridgehead atoms. The molecule has 4 saturated carbocycles. The molecule has 1 saturated heterocycles. The van der Waals surface area contributed by atoms with Crippen LogP contribution in [0.15, 0.2) is 12.2 Å². The van der Waals surface area contributed by atoms with Crippen LogP contribution >= 0.6 is 0 Å². The van der Waals surface area contributed by atoms with E-state index >= 15 is 0 Å². The lowest BCUT2D eigenvalue weighted by Gasteiger charge is -2.67. The molecule has 9 atom stereocenters. The van der Waals surface area contributed by atoms with Gasteiger partial charge in [-0.3, -0.25) is 24.0 Å². The van der Waals surface area contributed by atoms with E-state index in [1.807, 2.05) is 0 Å². The summed E-state index contributed by atoms with van der Waals surface area (Å²) < 4.78 is 23.3. The summed E-state index contributed by atoms with van der Waals surface area (Å²) in [7, 11) is 0. The highest BCUT2D eigenvalue weighted by Crippen LogP contribution is 2.73. The summed E-state index contributed by atoms with van der Waals surface area (Å²) in [5, 5.41) is 0. The number of cyclic esters (lactones) is 1. The van der Waals surface area contributed by atoms with Crippen molar-refractivity contribution in [3.63, 3.8) is 0 Å². The van der Waals surface area contributed by atoms with E-state index in [2.05, 4.69) is 13.5 Å². The monoisotopic (exact) mass is 488 g/mol. The third-order valence-corrected chi connectivity index (χ3v) is 9.51. The number of Topliss-reactive ketones (excluding diaryl/α,β-unsaturated/α-hetero) is 1. The minimum Gasteiger partial charge on any atom is -0.465 e. The molecule has 35 heavy (non-hydrogen) atoms. The average Bonchev–Trinajstić information content (AvgIpc) is 2.87. The average molecular weight is 489 g/mol. The zero-order valence-corrected chi connectivity index (χ0v) is 20.6. The van der Waals surface area contributed by atoms with Gasteiger partial charge in [-0.1, -0.05) is 19.9 Å². The minimum atomic E-state index is -1.59. The predicted octanol–water partition coefficient (Wildman–Crippen LogP) is 2.30. The Kier molecular flexibility index (Phi) is 5.24. The number of esters is 4. The van der Waals surface area contributed by atoms with Crippen LogP contribution in [0.25, 0.3) is 0 Å². The highest BCUT2D eigenvalue weighted by Gasteiger charge is 2.82. The van der Waals surface area contributed by atoms with Crippen molar-refractivity contribution in [3.05, 3.63) is 12.2 Å². The molecular weight excluding hydrogens is 456 g/mol. The lowest BCUT2D eigenvalue weighted by atomic mass is 9.38. The van der Waals surface area contributed by atoms with Crippen molar-refractivity contribution in [2.24, 2.45) is 34.0 Å². The van der Waals surface area contributed by atoms with Gasteiger partial charge in [-0.05, 0) is 37.2 Å². The van der Waals surface area contributed by atoms with Crippen molar-refractivity contribution in [2.45, 2.75) is 78.1 Å². The molecule has 5 fully saturated rings. The third-order valence-electron chi connectivity index (χ3n) is 9.51. The molecule has 9 heteroatoms. The van der Waals surface area contributed by atoms with Crippen molar-refractivity contribution in [2.75, 3.05) is 6.61 Å². The third kappa shape index (κ3) is 2.96. The fourth-order valence-corrected chi connectivity index (χ4v) is 8.63. The van der Waals surface area contributed by atoms with Crippen LogP contribution in [-0.2, 0) is 42.9 Å². The maximum absolute atomic E-state index is 14.2. The van der Waals surface area contributed by atoms with Gasteiger partial charge in [-0.15, -0.1) is 0 Å². The van der Waals surface area contributed by atoms with Crippen LogP contribution < -0.4 is 0 Å². The van der Waals surface area contributed by atoms with E-state index in [-0.39, 0.29) is 36.4 Å². The quantitative estimate of drug-likeness (QED) is 0.334. The highest BCUT2D eigenvalue weighted by atomic mass is 16.6. The summed E-state index contributed by atoms with van der Waals surface area (Å²) in [6.07, 6.45) is -0.369. The first-order valence-electron chi connectivity index (χ1n) is 12.3. The van der Waals surface area contributed by atoms with Gasteiger partial charge in [-0.2, -0.15) is 0 Å². The van der Waals surface area contributed by atoms with E-state index in [4.69, 9.17) is 18.9 Å². The van der Waals surface area contributed by atoms with Crippen molar-refractivity contribution >= 4 is 29.7 Å². The normalized spacial score (nSPS) is 45.5. The Morgan fingerprint density at radius 2 is 1.63 bits per heavy atom. The van der Waals surface area contributed by atoms with Crippen molar-refractivity contribution < 1.29 is 42.9 Å². The number of carbonyl (C=O) groups is 5. The van der Waals surface area contributed by atoms with E-state index in [9.17, 15) is 24.0 Å². The van der Waals surface area contributed by atoms with Crippen LogP contribution in [0, 0.1) is 34.0 Å². The lowest BCUT2D eigenvalue weighted by Crippen LogP contribution is -2.75. The molecule has 1 aliphatic heterocycles. The first kappa shape index (κ1) is 24.0. The fourth-order valence-electron chi connectivity index (χ4n) is 8.63. The molecule has 0 aromatic carbocycles. The van der Waals surface area contributed by atoms with Gasteiger partial charge in [0.05, 0.1) is 12.0 Å². The number of ether oxygens (including phenoxy) is 4. The van der Waals surface area contributed by atoms with Crippen molar-refractivity contribution in [1.82, 2.24) is 0 Å². The summed E-state index contributed by atoms with van der Waals surface area (Å²) in [5.41, 5.74) is -2.89. The van der Waals surface area contributed by atoms with E-state index in [0.717, 1.165) is 12.8 Å². The number of carbonyl (C=O) groups excluding carboxylic acids is 5. The van der Waals surface area contributed by atoms with Gasteiger partial charge in [0.2, 0.25) is 0 Å². The number of ketones is 1. The molecular formula is C26H32O9. The largest absolute Gasteiger partial charge is 0.465 e. The second-order valence-corrected chi connectivity index (χ2v) is 11.3. The summed E-state index contributed by atoms with van der Waals surface area (Å²) in [6.45, 7) is 10.1. The van der Waals surface area contributed by atoms with E-state index < -0.39 is 70.6 Å². The van der Waals surface area contributed by atoms with Crippen LogP contribution in [0.2, 0.25) is 0 Å². The molecule has 0 unspecified atom stereocenters. The molecule has 5 aliphatic rings. The molecule has 0 aromatic rings. The zero-order chi connectivity index (χ0) is 25.5. The summed E-state index contributed by atoms with van der Waals surface area (Å²) in [6, 6.07) is 0. The standard InChI is InChI=1S/C26H32O9/c1-12-16-9-17(33-13(2)27)20-25-8-6-7-24(5,11-32-23(25)31)18(25)10-19(34-14(3)28)26(20,21(12)30)22(16)35-15(4)29/h16-20,22H,1,6-11H2,2-5H3/t16-,17+,18-,19-,20+,22-,24+,25+,26-/m1/s1. The maximum atomic E-state index is 14.2. The second kappa shape index (κ2) is 7.64. The van der Waals surface area contributed by atoms with Gasteiger partial charge < -0.3 is 18.9 Å². The Morgan fingerprint density at radius 3 is 2.26 bits per heavy atom. The first-order chi connectivity index (χ1) is 16.4. The van der Waals surface area contributed by atoms with Gasteiger partial charge in [0, 0.05) is 38.0 Å². The number of hydrogen-bond acceptors (Lipinski definition) is 9. The summed E-state index contributed by atoms with van der Waals surface area (Å²) in [5.74, 6) is -4.29. The summed E-state index contributed by atoms with van der Waals surface area (Å²) in [4.78, 5) is 64.9. The Balaban J connectivity index is 1.81. The Morgan fingerprint density at radius 1 is 0.971 bits per heavy atom. The lowest BCUT2D eigenvalue weighted by molar-refractivity contribution is -0.283. The second-order valence-electron chi connectivity index (χ2n) is 11.3. The smallest absolute Gasteiger partial charge is 0.312 e. The number of hydrogen-bond donors (Lipinski definition) is 0. The van der Waals surface area contributed by atoms with Crippen LogP contribution in [-0.4, -0.2) is 54.6 Å². The van der Waals surface area contributed by atoms with Gasteiger partial charge >= 0.3 is 23.9 Å². The SMILES string of the molecule is C=C1C(=O)[C@]23[C@H](OC(C)=O)[C@@H]1C[C@H](OC(C)=O)[C@H]2[C@@]12CCC[C@@](C)(COC1=O)[C@H]2C[C@H]3OC(C)=O. The molecule has 5 rings (SSSR count). The zero-order valence-electron chi connectivity index (χ0n) is 20.6. The first-order valence-corrected chi connectivity index (χ1v) is 12.3. The van der Waals surface area contributed by atoms with Crippen LogP contribution in [0.5, 0.6) is 0 Å². The maximum Gasteiger partial charge on any atom is 0.312 e. The van der Waals surface area contributed by atoms with E-state index in [1.165, 1.54) is 20.8 Å². The number of rotatable bonds is 3. The molecule has 0 N–H and O–H groups in total. The van der Waals surface area contributed by atoms with Gasteiger partial charge in [0.25, 0.3) is 0 Å². The molecule has 0 amide bonds. The molecule has 4 aliphatic carbocycles. The van der Waals surface area contributed by atoms with E-state index in [0.29, 0.717) is 6.42 Å². The van der Waals surface area contributed by atoms with Gasteiger partial charge in [0.15, 0.2) is 5.78 Å².